The summed E-state index contributed by atoms with van der Waals surface area (Å²) in [6.45, 7) is 2.00. The van der Waals surface area contributed by atoms with Crippen LogP contribution in [0.25, 0.3) is 0 Å². The van der Waals surface area contributed by atoms with Crippen LogP contribution < -0.4 is 5.32 Å². The number of hydrogen-bond acceptors (Lipinski definition) is 2. The molecule has 0 bridgehead atoms. The van der Waals surface area contributed by atoms with Gasteiger partial charge in [-0.05, 0) is 18.6 Å². The third-order valence-corrected chi connectivity index (χ3v) is 4.14. The highest BCUT2D eigenvalue weighted by Crippen LogP contribution is 2.17. The molecule has 1 rings (SSSR count). The maximum Gasteiger partial charge on any atom is 0.234 e. The predicted octanol–water partition coefficient (Wildman–Crippen LogP) is 1.78. The monoisotopic (exact) mass is 251 g/mol. The van der Waals surface area contributed by atoms with Crippen molar-refractivity contribution in [2.45, 2.75) is 30.6 Å². The standard InChI is InChI=1S/C8H14BrNOS/c1-2-7(9)8(11)10-6-3-4-12-5-6/h6-7H,2-5H2,1H3,(H,10,11). The number of hydrogen-bond donors (Lipinski definition) is 1. The maximum atomic E-state index is 11.4. The summed E-state index contributed by atoms with van der Waals surface area (Å²) in [5.74, 6) is 2.41. The van der Waals surface area contributed by atoms with E-state index in [1.807, 2.05) is 18.7 Å². The lowest BCUT2D eigenvalue weighted by Gasteiger charge is -2.13. The third-order valence-electron chi connectivity index (χ3n) is 1.92. The first kappa shape index (κ1) is 10.4. The fraction of sp³-hybridized carbons (Fsp3) is 0.875. The molecule has 2 nitrogen and oxygen atoms in total. The Morgan fingerprint density at radius 2 is 2.58 bits per heavy atom. The molecule has 12 heavy (non-hydrogen) atoms. The van der Waals surface area contributed by atoms with E-state index < -0.39 is 0 Å². The minimum Gasteiger partial charge on any atom is -0.352 e. The summed E-state index contributed by atoms with van der Waals surface area (Å²) in [6.07, 6.45) is 1.98. The number of halogens is 1. The molecule has 1 heterocycles. The highest BCUT2D eigenvalue weighted by molar-refractivity contribution is 9.10. The average Bonchev–Trinajstić information content (AvgIpc) is 2.55. The van der Waals surface area contributed by atoms with Crippen LogP contribution in [-0.4, -0.2) is 28.3 Å². The summed E-state index contributed by atoms with van der Waals surface area (Å²) in [7, 11) is 0. The molecule has 70 valence electrons. The largest absolute Gasteiger partial charge is 0.352 e. The zero-order valence-corrected chi connectivity index (χ0v) is 9.58. The Hall–Kier alpha value is 0.300. The normalized spacial score (nSPS) is 25.3. The second-order valence-corrected chi connectivity index (χ2v) is 5.20. The molecule has 2 atom stereocenters. The number of thioether (sulfide) groups is 1. The van der Waals surface area contributed by atoms with E-state index in [0.29, 0.717) is 6.04 Å². The Morgan fingerprint density at radius 3 is 3.08 bits per heavy atom. The van der Waals surface area contributed by atoms with Gasteiger partial charge in [0.05, 0.1) is 4.83 Å². The Balaban J connectivity index is 2.25. The molecular weight excluding hydrogens is 238 g/mol. The van der Waals surface area contributed by atoms with Gasteiger partial charge in [-0.15, -0.1) is 0 Å². The van der Waals surface area contributed by atoms with Crippen molar-refractivity contribution in [3.05, 3.63) is 0 Å². The zero-order valence-electron chi connectivity index (χ0n) is 7.18. The molecule has 0 aromatic rings. The molecule has 0 radical (unpaired) electrons. The Labute approximate surface area is 86.0 Å². The second kappa shape index (κ2) is 5.12. The van der Waals surface area contributed by atoms with Crippen LogP contribution in [0.2, 0.25) is 0 Å². The molecule has 1 saturated heterocycles. The van der Waals surface area contributed by atoms with Gasteiger partial charge in [-0.3, -0.25) is 4.79 Å². The van der Waals surface area contributed by atoms with Crippen LogP contribution in [0, 0.1) is 0 Å². The molecule has 0 aromatic heterocycles. The van der Waals surface area contributed by atoms with E-state index in [9.17, 15) is 4.79 Å². The molecular formula is C8H14BrNOS. The Kier molecular flexibility index (Phi) is 4.43. The first-order valence-corrected chi connectivity index (χ1v) is 6.33. The number of rotatable bonds is 3. The van der Waals surface area contributed by atoms with Crippen LogP contribution >= 0.6 is 27.7 Å². The van der Waals surface area contributed by atoms with Crippen molar-refractivity contribution >= 4 is 33.6 Å². The Morgan fingerprint density at radius 1 is 1.83 bits per heavy atom. The Bertz CT molecular complexity index is 159. The van der Waals surface area contributed by atoms with Crippen LogP contribution in [0.4, 0.5) is 0 Å². The van der Waals surface area contributed by atoms with Crippen LogP contribution in [0.15, 0.2) is 0 Å². The van der Waals surface area contributed by atoms with Gasteiger partial charge in [-0.2, -0.15) is 11.8 Å². The molecule has 1 N–H and O–H groups in total. The van der Waals surface area contributed by atoms with Crippen LogP contribution in [0.5, 0.6) is 0 Å². The quantitative estimate of drug-likeness (QED) is 0.776. The van der Waals surface area contributed by atoms with E-state index in [1.54, 1.807) is 0 Å². The van der Waals surface area contributed by atoms with Crippen molar-refractivity contribution < 1.29 is 4.79 Å². The summed E-state index contributed by atoms with van der Waals surface area (Å²) < 4.78 is 0. The summed E-state index contributed by atoms with van der Waals surface area (Å²) >= 11 is 5.24. The minimum atomic E-state index is -0.0110. The molecule has 0 aromatic carbocycles. The van der Waals surface area contributed by atoms with Gasteiger partial charge in [0.1, 0.15) is 0 Å². The molecule has 0 spiro atoms. The topological polar surface area (TPSA) is 29.1 Å². The second-order valence-electron chi connectivity index (χ2n) is 2.94. The first-order chi connectivity index (χ1) is 5.74. The average molecular weight is 252 g/mol. The van der Waals surface area contributed by atoms with Gasteiger partial charge in [0.25, 0.3) is 0 Å². The number of amides is 1. The number of alkyl halides is 1. The van der Waals surface area contributed by atoms with Gasteiger partial charge >= 0.3 is 0 Å². The number of carbonyl (C=O) groups excluding carboxylic acids is 1. The lowest BCUT2D eigenvalue weighted by Crippen LogP contribution is -2.39. The van der Waals surface area contributed by atoms with Gasteiger partial charge in [-0.1, -0.05) is 22.9 Å². The molecule has 1 amide bonds. The van der Waals surface area contributed by atoms with Gasteiger partial charge < -0.3 is 5.32 Å². The van der Waals surface area contributed by atoms with Crippen LogP contribution in [0.3, 0.4) is 0 Å². The number of carbonyl (C=O) groups is 1. The van der Waals surface area contributed by atoms with E-state index in [0.717, 1.165) is 18.6 Å². The van der Waals surface area contributed by atoms with E-state index >= 15 is 0 Å². The van der Waals surface area contributed by atoms with Gasteiger partial charge in [0.2, 0.25) is 5.91 Å². The molecule has 0 saturated carbocycles. The SMILES string of the molecule is CCC(Br)C(=O)NC1CCSC1. The van der Waals surface area contributed by atoms with E-state index in [1.165, 1.54) is 5.75 Å². The number of nitrogens with one attached hydrogen (secondary N) is 1. The van der Waals surface area contributed by atoms with Crippen molar-refractivity contribution in [2.75, 3.05) is 11.5 Å². The van der Waals surface area contributed by atoms with Crippen molar-refractivity contribution in [3.63, 3.8) is 0 Å². The highest BCUT2D eigenvalue weighted by Gasteiger charge is 2.20. The van der Waals surface area contributed by atoms with Crippen molar-refractivity contribution in [3.8, 4) is 0 Å². The molecule has 0 aliphatic carbocycles. The van der Waals surface area contributed by atoms with E-state index in [4.69, 9.17) is 0 Å². The van der Waals surface area contributed by atoms with Gasteiger partial charge in [-0.25, -0.2) is 0 Å². The maximum absolute atomic E-state index is 11.4. The van der Waals surface area contributed by atoms with Crippen LogP contribution in [0.1, 0.15) is 19.8 Å². The summed E-state index contributed by atoms with van der Waals surface area (Å²) in [5, 5.41) is 3.02. The smallest absolute Gasteiger partial charge is 0.234 e. The third kappa shape index (κ3) is 2.98. The summed E-state index contributed by atoms with van der Waals surface area (Å²) in [5.41, 5.74) is 0. The zero-order chi connectivity index (χ0) is 8.97. The molecule has 1 aliphatic heterocycles. The molecule has 1 fully saturated rings. The van der Waals surface area contributed by atoms with Gasteiger partial charge in [0.15, 0.2) is 0 Å². The van der Waals surface area contributed by atoms with E-state index in [-0.39, 0.29) is 10.7 Å². The molecule has 1 aliphatic rings. The van der Waals surface area contributed by atoms with Crippen molar-refractivity contribution in [2.24, 2.45) is 0 Å². The van der Waals surface area contributed by atoms with Gasteiger partial charge in [0, 0.05) is 11.8 Å². The van der Waals surface area contributed by atoms with E-state index in [2.05, 4.69) is 21.2 Å². The summed E-state index contributed by atoms with van der Waals surface area (Å²) in [4.78, 5) is 11.4. The fourth-order valence-corrected chi connectivity index (χ4v) is 2.41. The lowest BCUT2D eigenvalue weighted by molar-refractivity contribution is -0.121. The van der Waals surface area contributed by atoms with Crippen molar-refractivity contribution in [1.82, 2.24) is 5.32 Å². The van der Waals surface area contributed by atoms with Crippen LogP contribution in [-0.2, 0) is 4.79 Å². The predicted molar refractivity (Wildman–Crippen MR) is 56.9 cm³/mol. The fourth-order valence-electron chi connectivity index (χ4n) is 1.13. The molecule has 2 unspecified atom stereocenters. The minimum absolute atomic E-state index is 0.0110. The highest BCUT2D eigenvalue weighted by atomic mass is 79.9. The van der Waals surface area contributed by atoms with Crippen molar-refractivity contribution in [1.29, 1.82) is 0 Å². The lowest BCUT2D eigenvalue weighted by atomic mass is 10.2. The molecule has 4 heteroatoms. The summed E-state index contributed by atoms with van der Waals surface area (Å²) in [6, 6.07) is 0.411. The first-order valence-electron chi connectivity index (χ1n) is 4.26.